The second-order valence-corrected chi connectivity index (χ2v) is 5.26. The molecule has 2 heterocycles. The SMILES string of the molecule is Cc1ccc(N2CC3(C2)CC(F)(F)C3)nc1. The van der Waals surface area contributed by atoms with E-state index in [-0.39, 0.29) is 18.3 Å². The molecule has 1 saturated carbocycles. The van der Waals surface area contributed by atoms with Gasteiger partial charge >= 0.3 is 0 Å². The minimum Gasteiger partial charge on any atom is -0.355 e. The second-order valence-electron chi connectivity index (χ2n) is 5.26. The van der Waals surface area contributed by atoms with E-state index in [2.05, 4.69) is 9.88 Å². The van der Waals surface area contributed by atoms with Crippen molar-refractivity contribution in [2.45, 2.75) is 25.7 Å². The third-order valence-corrected chi connectivity index (χ3v) is 3.54. The van der Waals surface area contributed by atoms with Gasteiger partial charge in [0.2, 0.25) is 5.92 Å². The molecule has 1 aromatic heterocycles. The van der Waals surface area contributed by atoms with Gasteiger partial charge in [0.15, 0.2) is 0 Å². The Balaban J connectivity index is 1.64. The number of nitrogens with zero attached hydrogens (tertiary/aromatic N) is 2. The van der Waals surface area contributed by atoms with E-state index in [0.717, 1.165) is 24.5 Å². The maximum atomic E-state index is 12.8. The van der Waals surface area contributed by atoms with Crippen LogP contribution in [0.2, 0.25) is 0 Å². The number of rotatable bonds is 1. The normalized spacial score (nSPS) is 25.1. The largest absolute Gasteiger partial charge is 0.355 e. The maximum absolute atomic E-state index is 12.8. The molecule has 16 heavy (non-hydrogen) atoms. The standard InChI is InChI=1S/C12H14F2N2/c1-9-2-3-10(15-4-9)16-7-11(8-16)5-12(13,14)6-11/h2-4H,5-8H2,1H3. The first-order valence-corrected chi connectivity index (χ1v) is 5.54. The summed E-state index contributed by atoms with van der Waals surface area (Å²) < 4.78 is 25.6. The Bertz CT molecular complexity index is 398. The lowest BCUT2D eigenvalue weighted by atomic mass is 9.61. The number of aromatic nitrogens is 1. The van der Waals surface area contributed by atoms with Gasteiger partial charge in [-0.1, -0.05) is 6.07 Å². The van der Waals surface area contributed by atoms with Crippen LogP contribution in [0.15, 0.2) is 18.3 Å². The highest BCUT2D eigenvalue weighted by atomic mass is 19.3. The van der Waals surface area contributed by atoms with Crippen molar-refractivity contribution in [3.63, 3.8) is 0 Å². The van der Waals surface area contributed by atoms with Crippen molar-refractivity contribution in [2.24, 2.45) is 5.41 Å². The predicted octanol–water partition coefficient (Wildman–Crippen LogP) is 2.63. The van der Waals surface area contributed by atoms with Gasteiger partial charge in [-0.2, -0.15) is 0 Å². The van der Waals surface area contributed by atoms with Crippen LogP contribution in [0.1, 0.15) is 18.4 Å². The van der Waals surface area contributed by atoms with Gasteiger partial charge < -0.3 is 4.90 Å². The van der Waals surface area contributed by atoms with Gasteiger partial charge in [0, 0.05) is 37.5 Å². The van der Waals surface area contributed by atoms with Crippen LogP contribution in [0, 0.1) is 12.3 Å². The smallest absolute Gasteiger partial charge is 0.249 e. The molecule has 0 aromatic carbocycles. The minimum atomic E-state index is -2.41. The fourth-order valence-electron chi connectivity index (χ4n) is 2.84. The van der Waals surface area contributed by atoms with Crippen LogP contribution in [0.4, 0.5) is 14.6 Å². The molecule has 0 bridgehead atoms. The van der Waals surface area contributed by atoms with Crippen LogP contribution in [0.25, 0.3) is 0 Å². The molecule has 1 aromatic rings. The summed E-state index contributed by atoms with van der Waals surface area (Å²) in [6, 6.07) is 3.96. The molecule has 0 unspecified atom stereocenters. The van der Waals surface area contributed by atoms with Crippen molar-refractivity contribution in [3.8, 4) is 0 Å². The molecular weight excluding hydrogens is 210 g/mol. The number of pyridine rings is 1. The lowest BCUT2D eigenvalue weighted by Gasteiger charge is -2.59. The summed E-state index contributed by atoms with van der Waals surface area (Å²) in [5.74, 6) is -1.50. The molecule has 0 radical (unpaired) electrons. The third kappa shape index (κ3) is 1.47. The summed E-state index contributed by atoms with van der Waals surface area (Å²) in [6.07, 6.45) is 1.93. The van der Waals surface area contributed by atoms with Gasteiger partial charge in [-0.25, -0.2) is 13.8 Å². The Morgan fingerprint density at radius 2 is 1.94 bits per heavy atom. The van der Waals surface area contributed by atoms with Gasteiger partial charge in [-0.15, -0.1) is 0 Å². The second kappa shape index (κ2) is 2.93. The highest BCUT2D eigenvalue weighted by Gasteiger charge is 2.61. The summed E-state index contributed by atoms with van der Waals surface area (Å²) in [7, 11) is 0. The van der Waals surface area contributed by atoms with E-state index >= 15 is 0 Å². The van der Waals surface area contributed by atoms with Crippen LogP contribution >= 0.6 is 0 Å². The molecule has 4 heteroatoms. The zero-order valence-electron chi connectivity index (χ0n) is 9.21. The summed E-state index contributed by atoms with van der Waals surface area (Å²) in [6.45, 7) is 3.46. The molecule has 1 aliphatic carbocycles. The lowest BCUT2D eigenvalue weighted by molar-refractivity contribution is -0.170. The van der Waals surface area contributed by atoms with E-state index in [1.165, 1.54) is 0 Å². The van der Waals surface area contributed by atoms with Crippen molar-refractivity contribution in [1.82, 2.24) is 4.98 Å². The number of hydrogen-bond donors (Lipinski definition) is 0. The molecular formula is C12H14F2N2. The fraction of sp³-hybridized carbons (Fsp3) is 0.583. The first-order chi connectivity index (χ1) is 7.48. The van der Waals surface area contributed by atoms with Gasteiger partial charge in [0.25, 0.3) is 0 Å². The summed E-state index contributed by atoms with van der Waals surface area (Å²) in [5.41, 5.74) is 1.00. The molecule has 1 saturated heterocycles. The Labute approximate surface area is 93.3 Å². The number of hydrogen-bond acceptors (Lipinski definition) is 2. The van der Waals surface area contributed by atoms with E-state index in [1.807, 2.05) is 25.3 Å². The van der Waals surface area contributed by atoms with E-state index in [0.29, 0.717) is 0 Å². The summed E-state index contributed by atoms with van der Waals surface area (Å²) in [5, 5.41) is 0. The zero-order chi connectivity index (χ0) is 11.4. The highest BCUT2D eigenvalue weighted by Crippen LogP contribution is 2.57. The lowest BCUT2D eigenvalue weighted by Crippen LogP contribution is -2.66. The Kier molecular flexibility index (Phi) is 1.83. The quantitative estimate of drug-likeness (QED) is 0.729. The molecule has 2 aliphatic rings. The number of anilines is 1. The molecule has 2 nitrogen and oxygen atoms in total. The van der Waals surface area contributed by atoms with Gasteiger partial charge in [-0.3, -0.25) is 0 Å². The van der Waals surface area contributed by atoms with Crippen LogP contribution in [0.5, 0.6) is 0 Å². The number of alkyl halides is 2. The molecule has 0 atom stereocenters. The van der Waals surface area contributed by atoms with Crippen molar-refractivity contribution < 1.29 is 8.78 Å². The molecule has 1 spiro atoms. The van der Waals surface area contributed by atoms with Gasteiger partial charge in [0.1, 0.15) is 5.82 Å². The topological polar surface area (TPSA) is 16.1 Å². The van der Waals surface area contributed by atoms with E-state index in [1.54, 1.807) is 0 Å². The molecule has 2 fully saturated rings. The van der Waals surface area contributed by atoms with E-state index in [9.17, 15) is 8.78 Å². The molecule has 0 amide bonds. The number of aryl methyl sites for hydroxylation is 1. The van der Waals surface area contributed by atoms with Crippen LogP contribution in [0.3, 0.4) is 0 Å². The fourth-order valence-corrected chi connectivity index (χ4v) is 2.84. The van der Waals surface area contributed by atoms with Crippen molar-refractivity contribution in [3.05, 3.63) is 23.9 Å². The highest BCUT2D eigenvalue weighted by molar-refractivity contribution is 5.44. The summed E-state index contributed by atoms with van der Waals surface area (Å²) >= 11 is 0. The summed E-state index contributed by atoms with van der Waals surface area (Å²) in [4.78, 5) is 6.38. The van der Waals surface area contributed by atoms with Crippen LogP contribution in [-0.2, 0) is 0 Å². The van der Waals surface area contributed by atoms with Gasteiger partial charge in [-0.05, 0) is 18.6 Å². The van der Waals surface area contributed by atoms with Crippen LogP contribution < -0.4 is 4.90 Å². The maximum Gasteiger partial charge on any atom is 0.249 e. The molecule has 0 N–H and O–H groups in total. The third-order valence-electron chi connectivity index (χ3n) is 3.54. The van der Waals surface area contributed by atoms with E-state index < -0.39 is 5.92 Å². The average molecular weight is 224 g/mol. The average Bonchev–Trinajstić information content (AvgIpc) is 2.11. The monoisotopic (exact) mass is 224 g/mol. The minimum absolute atomic E-state index is 0.0579. The first kappa shape index (κ1) is 10.00. The van der Waals surface area contributed by atoms with E-state index in [4.69, 9.17) is 0 Å². The Morgan fingerprint density at radius 1 is 1.25 bits per heavy atom. The Morgan fingerprint density at radius 3 is 2.44 bits per heavy atom. The predicted molar refractivity (Wildman–Crippen MR) is 57.8 cm³/mol. The van der Waals surface area contributed by atoms with Crippen LogP contribution in [-0.4, -0.2) is 24.0 Å². The Hall–Kier alpha value is -1.19. The van der Waals surface area contributed by atoms with Crippen molar-refractivity contribution in [2.75, 3.05) is 18.0 Å². The van der Waals surface area contributed by atoms with Gasteiger partial charge in [0.05, 0.1) is 0 Å². The first-order valence-electron chi connectivity index (χ1n) is 5.54. The van der Waals surface area contributed by atoms with Crippen molar-refractivity contribution in [1.29, 1.82) is 0 Å². The molecule has 1 aliphatic heterocycles. The van der Waals surface area contributed by atoms with Crippen molar-refractivity contribution >= 4 is 5.82 Å². The molecule has 3 rings (SSSR count). The zero-order valence-corrected chi connectivity index (χ0v) is 9.21. The number of halogens is 2. The molecule has 86 valence electrons.